The molecule has 5 nitrogen and oxygen atoms in total. The fourth-order valence-corrected chi connectivity index (χ4v) is 1.42. The zero-order valence-electron chi connectivity index (χ0n) is 6.33. The highest BCUT2D eigenvalue weighted by atomic mass is 79.9. The van der Waals surface area contributed by atoms with Crippen LogP contribution in [0, 0.1) is 0 Å². The minimum absolute atomic E-state index is 0.396. The molecule has 1 unspecified atom stereocenters. The van der Waals surface area contributed by atoms with Crippen LogP contribution in [0.3, 0.4) is 0 Å². The highest BCUT2D eigenvalue weighted by molar-refractivity contribution is 9.10. The number of rotatable bonds is 1. The smallest absolute Gasteiger partial charge is 0.322 e. The number of hydrogen-bond acceptors (Lipinski definition) is 3. The molecule has 13 heavy (non-hydrogen) atoms. The minimum atomic E-state index is -0.709. The van der Waals surface area contributed by atoms with Gasteiger partial charge in [0.25, 0.3) is 5.91 Å². The molecule has 1 fully saturated rings. The molecule has 1 saturated heterocycles. The van der Waals surface area contributed by atoms with Gasteiger partial charge in [0, 0.05) is 0 Å². The summed E-state index contributed by atoms with van der Waals surface area (Å²) >= 11 is 3.10. The number of halogens is 1. The lowest BCUT2D eigenvalue weighted by atomic mass is 10.2. The van der Waals surface area contributed by atoms with Crippen LogP contribution in [0.4, 0.5) is 4.79 Å². The van der Waals surface area contributed by atoms with Gasteiger partial charge >= 0.3 is 6.03 Å². The van der Waals surface area contributed by atoms with Gasteiger partial charge in [-0.1, -0.05) is 0 Å². The molecule has 1 atom stereocenters. The van der Waals surface area contributed by atoms with Crippen LogP contribution in [-0.4, -0.2) is 11.9 Å². The Kier molecular flexibility index (Phi) is 1.84. The van der Waals surface area contributed by atoms with Crippen LogP contribution in [0.5, 0.6) is 0 Å². The van der Waals surface area contributed by atoms with E-state index in [4.69, 9.17) is 4.42 Å². The summed E-state index contributed by atoms with van der Waals surface area (Å²) in [5.41, 5.74) is 0. The van der Waals surface area contributed by atoms with E-state index in [2.05, 4.69) is 26.6 Å². The Morgan fingerprint density at radius 3 is 2.62 bits per heavy atom. The summed E-state index contributed by atoms with van der Waals surface area (Å²) in [6, 6.07) is 2.08. The monoisotopic (exact) mass is 244 g/mol. The molecule has 0 bridgehead atoms. The highest BCUT2D eigenvalue weighted by Crippen LogP contribution is 2.22. The Labute approximate surface area is 81.6 Å². The van der Waals surface area contributed by atoms with Crippen molar-refractivity contribution in [2.75, 3.05) is 0 Å². The van der Waals surface area contributed by atoms with Crippen molar-refractivity contribution in [1.82, 2.24) is 10.6 Å². The molecule has 2 rings (SSSR count). The quantitative estimate of drug-likeness (QED) is 0.722. The molecular formula is C7H5BrN2O3. The van der Waals surface area contributed by atoms with Gasteiger partial charge in [0.05, 0.1) is 0 Å². The number of urea groups is 1. The molecule has 6 heteroatoms. The van der Waals surface area contributed by atoms with Crippen LogP contribution in [0.15, 0.2) is 21.2 Å². The van der Waals surface area contributed by atoms with Gasteiger partial charge in [0.15, 0.2) is 10.7 Å². The summed E-state index contributed by atoms with van der Waals surface area (Å²) < 4.78 is 5.65. The summed E-state index contributed by atoms with van der Waals surface area (Å²) in [6.07, 6.45) is 0. The number of carbonyl (C=O) groups is 2. The van der Waals surface area contributed by atoms with Gasteiger partial charge in [-0.15, -0.1) is 0 Å². The second-order valence-corrected chi connectivity index (χ2v) is 3.32. The van der Waals surface area contributed by atoms with Crippen LogP contribution in [0.1, 0.15) is 11.8 Å². The van der Waals surface area contributed by atoms with Gasteiger partial charge in [-0.05, 0) is 28.1 Å². The molecule has 68 valence electrons. The first-order chi connectivity index (χ1) is 6.16. The molecule has 0 aromatic carbocycles. The topological polar surface area (TPSA) is 71.3 Å². The number of nitrogens with one attached hydrogen (secondary N) is 2. The van der Waals surface area contributed by atoms with E-state index in [0.29, 0.717) is 10.4 Å². The maximum Gasteiger partial charge on any atom is 0.322 e. The Morgan fingerprint density at radius 2 is 2.15 bits per heavy atom. The number of carbonyl (C=O) groups excluding carboxylic acids is 2. The van der Waals surface area contributed by atoms with Crippen LogP contribution in [0.25, 0.3) is 0 Å². The summed E-state index contributed by atoms with van der Waals surface area (Å²) in [6.45, 7) is 0. The summed E-state index contributed by atoms with van der Waals surface area (Å²) in [5, 5.41) is 4.53. The van der Waals surface area contributed by atoms with Crippen molar-refractivity contribution in [2.45, 2.75) is 6.04 Å². The van der Waals surface area contributed by atoms with Gasteiger partial charge in [0.1, 0.15) is 5.76 Å². The fourth-order valence-electron chi connectivity index (χ4n) is 1.10. The third kappa shape index (κ3) is 1.44. The van der Waals surface area contributed by atoms with Gasteiger partial charge in [-0.2, -0.15) is 0 Å². The van der Waals surface area contributed by atoms with Crippen LogP contribution in [-0.2, 0) is 4.79 Å². The third-order valence-corrected chi connectivity index (χ3v) is 2.08. The van der Waals surface area contributed by atoms with Crippen LogP contribution < -0.4 is 10.6 Å². The van der Waals surface area contributed by atoms with Crippen molar-refractivity contribution in [3.8, 4) is 0 Å². The van der Waals surface area contributed by atoms with Gasteiger partial charge in [-0.3, -0.25) is 10.1 Å². The standard InChI is InChI=1S/C7H5BrN2O3/c8-4-2-1-3(13-4)5-6(11)10-7(12)9-5/h1-2,5H,(H2,9,10,11,12). The summed E-state index contributed by atoms with van der Waals surface area (Å²) in [7, 11) is 0. The van der Waals surface area contributed by atoms with Crippen molar-refractivity contribution in [3.63, 3.8) is 0 Å². The Morgan fingerprint density at radius 1 is 1.38 bits per heavy atom. The molecule has 1 aliphatic rings. The molecule has 1 aromatic rings. The number of imide groups is 1. The molecule has 1 aromatic heterocycles. The fraction of sp³-hybridized carbons (Fsp3) is 0.143. The first-order valence-electron chi connectivity index (χ1n) is 3.53. The molecule has 2 heterocycles. The van der Waals surface area contributed by atoms with E-state index in [-0.39, 0.29) is 0 Å². The Bertz CT molecular complexity index is 374. The average Bonchev–Trinajstić information content (AvgIpc) is 2.58. The van der Waals surface area contributed by atoms with E-state index in [0.717, 1.165) is 0 Å². The Balaban J connectivity index is 2.27. The lowest BCUT2D eigenvalue weighted by Gasteiger charge is -2.00. The van der Waals surface area contributed by atoms with E-state index < -0.39 is 18.0 Å². The van der Waals surface area contributed by atoms with Gasteiger partial charge in [0.2, 0.25) is 0 Å². The number of furan rings is 1. The lowest BCUT2D eigenvalue weighted by Crippen LogP contribution is -2.22. The molecule has 1 aliphatic heterocycles. The SMILES string of the molecule is O=C1NC(=O)C(c2ccc(Br)o2)N1. The third-order valence-electron chi connectivity index (χ3n) is 1.65. The average molecular weight is 245 g/mol. The first kappa shape index (κ1) is 8.31. The number of amides is 3. The second kappa shape index (κ2) is 2.88. The molecule has 3 amide bonds. The van der Waals surface area contributed by atoms with E-state index in [1.54, 1.807) is 12.1 Å². The maximum atomic E-state index is 11.1. The zero-order chi connectivity index (χ0) is 9.42. The second-order valence-electron chi connectivity index (χ2n) is 2.54. The van der Waals surface area contributed by atoms with Crippen molar-refractivity contribution in [2.24, 2.45) is 0 Å². The lowest BCUT2D eigenvalue weighted by molar-refractivity contribution is -0.120. The summed E-state index contributed by atoms with van der Waals surface area (Å²) in [4.78, 5) is 21.9. The largest absolute Gasteiger partial charge is 0.452 e. The number of hydrogen-bond donors (Lipinski definition) is 2. The molecule has 0 aliphatic carbocycles. The zero-order valence-corrected chi connectivity index (χ0v) is 7.92. The molecule has 0 radical (unpaired) electrons. The van der Waals surface area contributed by atoms with E-state index in [1.807, 2.05) is 0 Å². The van der Waals surface area contributed by atoms with Crippen molar-refractivity contribution in [3.05, 3.63) is 22.6 Å². The molecule has 2 N–H and O–H groups in total. The van der Waals surface area contributed by atoms with Crippen molar-refractivity contribution in [1.29, 1.82) is 0 Å². The molecule has 0 saturated carbocycles. The van der Waals surface area contributed by atoms with E-state index >= 15 is 0 Å². The van der Waals surface area contributed by atoms with Gasteiger partial charge in [-0.25, -0.2) is 4.79 Å². The first-order valence-corrected chi connectivity index (χ1v) is 4.33. The predicted molar refractivity (Wildman–Crippen MR) is 45.8 cm³/mol. The van der Waals surface area contributed by atoms with E-state index in [9.17, 15) is 9.59 Å². The summed E-state index contributed by atoms with van der Waals surface area (Å²) in [5.74, 6) is 0.0158. The predicted octanol–water partition coefficient (Wildman–Crippen LogP) is 0.923. The van der Waals surface area contributed by atoms with Crippen LogP contribution >= 0.6 is 15.9 Å². The molecular weight excluding hydrogens is 240 g/mol. The van der Waals surface area contributed by atoms with Gasteiger partial charge < -0.3 is 9.73 Å². The Hall–Kier alpha value is -1.30. The van der Waals surface area contributed by atoms with Crippen molar-refractivity contribution < 1.29 is 14.0 Å². The van der Waals surface area contributed by atoms with Crippen molar-refractivity contribution >= 4 is 27.9 Å². The van der Waals surface area contributed by atoms with Crippen LogP contribution in [0.2, 0.25) is 0 Å². The minimum Gasteiger partial charge on any atom is -0.452 e. The molecule has 0 spiro atoms. The van der Waals surface area contributed by atoms with E-state index in [1.165, 1.54) is 0 Å². The maximum absolute atomic E-state index is 11.1. The normalized spacial score (nSPS) is 21.5. The highest BCUT2D eigenvalue weighted by Gasteiger charge is 2.33.